The summed E-state index contributed by atoms with van der Waals surface area (Å²) in [7, 11) is 0. The number of aromatic nitrogens is 2. The number of nitrogens with zero attached hydrogens (tertiary/aromatic N) is 2. The van der Waals surface area contributed by atoms with Gasteiger partial charge in [0.2, 0.25) is 5.91 Å². The van der Waals surface area contributed by atoms with Gasteiger partial charge in [0.25, 0.3) is 5.56 Å². The first-order valence-electron chi connectivity index (χ1n) is 8.42. The number of nitrogens with one attached hydrogen (secondary N) is 1. The van der Waals surface area contributed by atoms with Crippen molar-refractivity contribution < 1.29 is 4.79 Å². The van der Waals surface area contributed by atoms with E-state index in [4.69, 9.17) is 23.2 Å². The van der Waals surface area contributed by atoms with Gasteiger partial charge in [0.1, 0.15) is 0 Å². The van der Waals surface area contributed by atoms with Crippen LogP contribution in [0.2, 0.25) is 10.0 Å². The van der Waals surface area contributed by atoms with Gasteiger partial charge in [-0.25, -0.2) is 4.98 Å². The lowest BCUT2D eigenvalue weighted by Gasteiger charge is -2.12. The van der Waals surface area contributed by atoms with Crippen molar-refractivity contribution >= 4 is 57.5 Å². The Hall–Kier alpha value is -2.02. The molecule has 1 aliphatic rings. The summed E-state index contributed by atoms with van der Waals surface area (Å²) < 4.78 is 1.71. The van der Waals surface area contributed by atoms with Gasteiger partial charge >= 0.3 is 0 Å². The highest BCUT2D eigenvalue weighted by Gasteiger charge is 2.28. The van der Waals surface area contributed by atoms with E-state index in [1.165, 1.54) is 11.8 Å². The Balaban J connectivity index is 1.56. The third kappa shape index (κ3) is 3.98. The molecule has 0 aliphatic heterocycles. The van der Waals surface area contributed by atoms with Crippen LogP contribution in [-0.4, -0.2) is 21.2 Å². The average molecular weight is 420 g/mol. The van der Waals surface area contributed by atoms with Crippen molar-refractivity contribution in [2.45, 2.75) is 24.0 Å². The van der Waals surface area contributed by atoms with Crippen LogP contribution in [0.1, 0.15) is 18.9 Å². The third-order valence-electron chi connectivity index (χ3n) is 4.22. The Kier molecular flexibility index (Phi) is 5.12. The summed E-state index contributed by atoms with van der Waals surface area (Å²) in [5.41, 5.74) is 1.05. The molecule has 0 bridgehead atoms. The van der Waals surface area contributed by atoms with Gasteiger partial charge in [-0.15, -0.1) is 0 Å². The molecular weight excluding hydrogens is 405 g/mol. The molecule has 0 saturated heterocycles. The SMILES string of the molecule is O=C(CSc1nc2ccccc2c(=O)n1C1CC1)Nc1cc(Cl)ccc1Cl. The zero-order chi connectivity index (χ0) is 19.0. The van der Waals surface area contributed by atoms with Gasteiger partial charge in [-0.1, -0.05) is 47.1 Å². The van der Waals surface area contributed by atoms with Gasteiger partial charge < -0.3 is 5.32 Å². The highest BCUT2D eigenvalue weighted by atomic mass is 35.5. The lowest BCUT2D eigenvalue weighted by Crippen LogP contribution is -2.23. The van der Waals surface area contributed by atoms with Gasteiger partial charge in [0.05, 0.1) is 27.4 Å². The highest BCUT2D eigenvalue weighted by Crippen LogP contribution is 2.37. The number of thioether (sulfide) groups is 1. The molecule has 1 heterocycles. The van der Waals surface area contributed by atoms with Crippen LogP contribution in [0.4, 0.5) is 5.69 Å². The summed E-state index contributed by atoms with van der Waals surface area (Å²) in [6.07, 6.45) is 1.91. The van der Waals surface area contributed by atoms with Crippen molar-refractivity contribution in [2.75, 3.05) is 11.1 Å². The van der Waals surface area contributed by atoms with Crippen molar-refractivity contribution in [3.05, 3.63) is 62.9 Å². The van der Waals surface area contributed by atoms with Crippen molar-refractivity contribution in [2.24, 2.45) is 0 Å². The molecule has 27 heavy (non-hydrogen) atoms. The molecule has 1 N–H and O–H groups in total. The number of rotatable bonds is 5. The molecule has 3 aromatic rings. The number of anilines is 1. The molecule has 1 aromatic heterocycles. The molecule has 0 spiro atoms. The minimum absolute atomic E-state index is 0.0520. The van der Waals surface area contributed by atoms with Crippen LogP contribution in [0.5, 0.6) is 0 Å². The number of hydrogen-bond acceptors (Lipinski definition) is 4. The van der Waals surface area contributed by atoms with Crippen LogP contribution in [0, 0.1) is 0 Å². The molecule has 0 radical (unpaired) electrons. The first kappa shape index (κ1) is 18.3. The summed E-state index contributed by atoms with van der Waals surface area (Å²) in [6.45, 7) is 0. The molecule has 1 aliphatic carbocycles. The molecule has 1 fully saturated rings. The van der Waals surface area contributed by atoms with E-state index in [1.54, 1.807) is 28.8 Å². The van der Waals surface area contributed by atoms with Gasteiger partial charge in [-0.3, -0.25) is 14.2 Å². The maximum absolute atomic E-state index is 12.8. The Morgan fingerprint density at radius 3 is 2.78 bits per heavy atom. The number of benzene rings is 2. The first-order valence-corrected chi connectivity index (χ1v) is 10.2. The van der Waals surface area contributed by atoms with E-state index in [2.05, 4.69) is 10.3 Å². The number of carbonyl (C=O) groups excluding carboxylic acids is 1. The Morgan fingerprint density at radius 2 is 2.00 bits per heavy atom. The summed E-state index contributed by atoms with van der Waals surface area (Å²) in [5, 5.41) is 4.81. The van der Waals surface area contributed by atoms with Crippen LogP contribution < -0.4 is 10.9 Å². The van der Waals surface area contributed by atoms with Gasteiger partial charge in [0, 0.05) is 11.1 Å². The molecule has 4 rings (SSSR count). The molecule has 0 atom stereocenters. The summed E-state index contributed by atoms with van der Waals surface area (Å²) in [4.78, 5) is 29.8. The lowest BCUT2D eigenvalue weighted by molar-refractivity contribution is -0.113. The molecule has 0 unspecified atom stereocenters. The van der Waals surface area contributed by atoms with Crippen LogP contribution in [0.3, 0.4) is 0 Å². The second-order valence-electron chi connectivity index (χ2n) is 6.28. The Labute approximate surface area is 169 Å². The number of fused-ring (bicyclic) bond motifs is 1. The van der Waals surface area contributed by atoms with E-state index < -0.39 is 0 Å². The molecule has 2 aromatic carbocycles. The van der Waals surface area contributed by atoms with Gasteiger partial charge in [-0.2, -0.15) is 0 Å². The molecule has 1 saturated carbocycles. The topological polar surface area (TPSA) is 64.0 Å². The number of carbonyl (C=O) groups is 1. The normalized spacial score (nSPS) is 13.7. The Bertz CT molecular complexity index is 1100. The predicted octanol–water partition coefficient (Wildman–Crippen LogP) is 4.77. The number of amides is 1. The minimum atomic E-state index is -0.242. The second-order valence-corrected chi connectivity index (χ2v) is 8.07. The average Bonchev–Trinajstić information content (AvgIpc) is 3.48. The minimum Gasteiger partial charge on any atom is -0.324 e. The number of para-hydroxylation sites is 1. The van der Waals surface area contributed by atoms with Crippen LogP contribution >= 0.6 is 35.0 Å². The highest BCUT2D eigenvalue weighted by molar-refractivity contribution is 7.99. The van der Waals surface area contributed by atoms with E-state index in [0.717, 1.165) is 12.8 Å². The maximum atomic E-state index is 12.8. The van der Waals surface area contributed by atoms with Crippen molar-refractivity contribution in [3.8, 4) is 0 Å². The fourth-order valence-corrected chi connectivity index (χ4v) is 3.99. The van der Waals surface area contributed by atoms with Gasteiger partial charge in [-0.05, 0) is 43.2 Å². The van der Waals surface area contributed by atoms with E-state index in [1.807, 2.05) is 18.2 Å². The zero-order valence-corrected chi connectivity index (χ0v) is 16.4. The number of hydrogen-bond donors (Lipinski definition) is 1. The zero-order valence-electron chi connectivity index (χ0n) is 14.1. The van der Waals surface area contributed by atoms with Gasteiger partial charge in [0.15, 0.2) is 5.16 Å². The van der Waals surface area contributed by atoms with Crippen molar-refractivity contribution in [1.82, 2.24) is 9.55 Å². The monoisotopic (exact) mass is 419 g/mol. The molecule has 138 valence electrons. The summed E-state index contributed by atoms with van der Waals surface area (Å²) >= 11 is 13.3. The fourth-order valence-electron chi connectivity index (χ4n) is 2.79. The predicted molar refractivity (Wildman–Crippen MR) is 110 cm³/mol. The van der Waals surface area contributed by atoms with Crippen molar-refractivity contribution in [3.63, 3.8) is 0 Å². The van der Waals surface area contributed by atoms with E-state index in [0.29, 0.717) is 31.8 Å². The van der Waals surface area contributed by atoms with E-state index in [9.17, 15) is 9.59 Å². The molecule has 5 nitrogen and oxygen atoms in total. The molecular formula is C19H15Cl2N3O2S. The summed E-state index contributed by atoms with van der Waals surface area (Å²) in [5.74, 6) is -0.130. The van der Waals surface area contributed by atoms with E-state index in [-0.39, 0.29) is 23.3 Å². The number of halogens is 2. The second kappa shape index (κ2) is 7.54. The maximum Gasteiger partial charge on any atom is 0.262 e. The van der Waals surface area contributed by atoms with Crippen LogP contribution in [-0.2, 0) is 4.79 Å². The van der Waals surface area contributed by atoms with Crippen LogP contribution in [0.25, 0.3) is 10.9 Å². The quantitative estimate of drug-likeness (QED) is 0.477. The molecule has 8 heteroatoms. The lowest BCUT2D eigenvalue weighted by atomic mass is 10.2. The summed E-state index contributed by atoms with van der Waals surface area (Å²) in [6, 6.07) is 12.3. The Morgan fingerprint density at radius 1 is 1.22 bits per heavy atom. The van der Waals surface area contributed by atoms with E-state index >= 15 is 0 Å². The standard InChI is InChI=1S/C19H15Cl2N3O2S/c20-11-5-8-14(21)16(9-11)22-17(25)10-27-19-23-15-4-2-1-3-13(15)18(26)24(19)12-6-7-12/h1-5,8-9,12H,6-7,10H2,(H,22,25). The molecule has 1 amide bonds. The van der Waals surface area contributed by atoms with Crippen molar-refractivity contribution in [1.29, 1.82) is 0 Å². The first-order chi connectivity index (χ1) is 13.0. The third-order valence-corrected chi connectivity index (χ3v) is 5.74. The van der Waals surface area contributed by atoms with Crippen LogP contribution in [0.15, 0.2) is 52.4 Å². The largest absolute Gasteiger partial charge is 0.324 e. The fraction of sp³-hybridized carbons (Fsp3) is 0.211. The smallest absolute Gasteiger partial charge is 0.262 e.